The van der Waals surface area contributed by atoms with Gasteiger partial charge in [0.2, 0.25) is 0 Å². The maximum atomic E-state index is 8.67. The van der Waals surface area contributed by atoms with Crippen molar-refractivity contribution in [2.45, 2.75) is 31.7 Å². The third-order valence-electron chi connectivity index (χ3n) is 3.64. The predicted octanol–water partition coefficient (Wildman–Crippen LogP) is 0.459. The average molecular weight is 242 g/mol. The fourth-order valence-electron chi connectivity index (χ4n) is 2.51. The molecule has 1 atom stereocenters. The lowest BCUT2D eigenvalue weighted by atomic mass is 10.2. The first kappa shape index (κ1) is 13.3. The molecule has 4 heteroatoms. The molecule has 1 saturated heterocycles. The quantitative estimate of drug-likeness (QED) is 0.577. The Morgan fingerprint density at radius 2 is 2.06 bits per heavy atom. The van der Waals surface area contributed by atoms with Crippen LogP contribution in [0, 0.1) is 5.92 Å². The van der Waals surface area contributed by atoms with Crippen molar-refractivity contribution in [1.29, 1.82) is 0 Å². The van der Waals surface area contributed by atoms with Gasteiger partial charge in [-0.2, -0.15) is 0 Å². The molecule has 100 valence electrons. The number of rotatable bonds is 9. The van der Waals surface area contributed by atoms with Crippen LogP contribution in [0.3, 0.4) is 0 Å². The zero-order valence-electron chi connectivity index (χ0n) is 10.7. The predicted molar refractivity (Wildman–Crippen MR) is 68.1 cm³/mol. The zero-order chi connectivity index (χ0) is 11.9. The molecule has 2 N–H and O–H groups in total. The molecule has 0 bridgehead atoms. The van der Waals surface area contributed by atoms with Gasteiger partial charge in [0.25, 0.3) is 0 Å². The zero-order valence-corrected chi connectivity index (χ0v) is 10.7. The highest BCUT2D eigenvalue weighted by atomic mass is 16.5. The summed E-state index contributed by atoms with van der Waals surface area (Å²) in [6.07, 6.45) is 5.46. The molecule has 4 nitrogen and oxygen atoms in total. The van der Waals surface area contributed by atoms with Crippen LogP contribution in [0.1, 0.15) is 25.7 Å². The van der Waals surface area contributed by atoms with Gasteiger partial charge in [0.1, 0.15) is 0 Å². The Bertz CT molecular complexity index is 204. The Labute approximate surface area is 104 Å². The molecule has 1 aliphatic heterocycles. The summed E-state index contributed by atoms with van der Waals surface area (Å²) in [5.74, 6) is 0.939. The molecule has 1 saturated carbocycles. The lowest BCUT2D eigenvalue weighted by Crippen LogP contribution is -2.40. The third-order valence-corrected chi connectivity index (χ3v) is 3.64. The van der Waals surface area contributed by atoms with E-state index in [0.29, 0.717) is 12.6 Å². The van der Waals surface area contributed by atoms with E-state index in [4.69, 9.17) is 9.84 Å². The lowest BCUT2D eigenvalue weighted by Gasteiger charge is -2.25. The van der Waals surface area contributed by atoms with Gasteiger partial charge in [-0.05, 0) is 38.1 Å². The van der Waals surface area contributed by atoms with Gasteiger partial charge in [0.05, 0.1) is 19.8 Å². The van der Waals surface area contributed by atoms with Crippen molar-refractivity contribution in [2.75, 3.05) is 46.0 Å². The maximum absolute atomic E-state index is 8.67. The van der Waals surface area contributed by atoms with Crippen molar-refractivity contribution < 1.29 is 9.84 Å². The van der Waals surface area contributed by atoms with E-state index in [9.17, 15) is 0 Å². The van der Waals surface area contributed by atoms with Crippen molar-refractivity contribution in [3.8, 4) is 0 Å². The fourth-order valence-corrected chi connectivity index (χ4v) is 2.51. The van der Waals surface area contributed by atoms with Gasteiger partial charge in [-0.15, -0.1) is 0 Å². The summed E-state index contributed by atoms with van der Waals surface area (Å²) in [5, 5.41) is 12.2. The highest BCUT2D eigenvalue weighted by Crippen LogP contribution is 2.29. The average Bonchev–Trinajstić information content (AvgIpc) is 2.99. The fraction of sp³-hybridized carbons (Fsp3) is 1.00. The van der Waals surface area contributed by atoms with Gasteiger partial charge in [-0.25, -0.2) is 0 Å². The monoisotopic (exact) mass is 242 g/mol. The number of nitrogens with one attached hydrogen (secondary N) is 1. The van der Waals surface area contributed by atoms with E-state index in [-0.39, 0.29) is 6.61 Å². The summed E-state index contributed by atoms with van der Waals surface area (Å²) in [6, 6.07) is 0.687. The summed E-state index contributed by atoms with van der Waals surface area (Å²) in [4.78, 5) is 2.54. The number of ether oxygens (including phenoxy) is 1. The molecule has 0 aromatic carbocycles. The first-order valence-corrected chi connectivity index (χ1v) is 7.03. The van der Waals surface area contributed by atoms with E-state index in [2.05, 4.69) is 10.2 Å². The molecule has 1 unspecified atom stereocenters. The van der Waals surface area contributed by atoms with E-state index in [1.54, 1.807) is 0 Å². The highest BCUT2D eigenvalue weighted by Gasteiger charge is 2.26. The van der Waals surface area contributed by atoms with Gasteiger partial charge < -0.3 is 15.2 Å². The summed E-state index contributed by atoms with van der Waals surface area (Å²) in [7, 11) is 0. The van der Waals surface area contributed by atoms with Crippen molar-refractivity contribution in [3.05, 3.63) is 0 Å². The maximum Gasteiger partial charge on any atom is 0.0698 e. The first-order valence-electron chi connectivity index (χ1n) is 7.03. The third kappa shape index (κ3) is 5.34. The van der Waals surface area contributed by atoms with E-state index in [1.807, 2.05) is 0 Å². The molecule has 0 aromatic heterocycles. The van der Waals surface area contributed by atoms with Crippen LogP contribution >= 0.6 is 0 Å². The van der Waals surface area contributed by atoms with Gasteiger partial charge in [0.15, 0.2) is 0 Å². The van der Waals surface area contributed by atoms with Crippen molar-refractivity contribution >= 4 is 0 Å². The normalized spacial score (nSPS) is 24.7. The smallest absolute Gasteiger partial charge is 0.0698 e. The van der Waals surface area contributed by atoms with Gasteiger partial charge >= 0.3 is 0 Å². The minimum absolute atomic E-state index is 0.132. The van der Waals surface area contributed by atoms with Crippen LogP contribution in [0.25, 0.3) is 0 Å². The van der Waals surface area contributed by atoms with Crippen LogP contribution in [0.5, 0.6) is 0 Å². The highest BCUT2D eigenvalue weighted by molar-refractivity contribution is 4.82. The Kier molecular flexibility index (Phi) is 5.71. The Morgan fingerprint density at radius 1 is 1.18 bits per heavy atom. The number of aliphatic hydroxyl groups is 1. The van der Waals surface area contributed by atoms with Crippen molar-refractivity contribution in [1.82, 2.24) is 10.2 Å². The van der Waals surface area contributed by atoms with E-state index in [1.165, 1.54) is 45.3 Å². The number of aliphatic hydroxyl groups excluding tert-OH is 1. The molecule has 2 rings (SSSR count). The molecule has 0 amide bonds. The van der Waals surface area contributed by atoms with Gasteiger partial charge in [-0.1, -0.05) is 0 Å². The molecule has 2 fully saturated rings. The second kappa shape index (κ2) is 7.31. The SMILES string of the molecule is OCCOCCN(CC1CC1)CC1CCCN1. The van der Waals surface area contributed by atoms with Crippen LogP contribution in [0.4, 0.5) is 0 Å². The lowest BCUT2D eigenvalue weighted by molar-refractivity contribution is 0.0708. The largest absolute Gasteiger partial charge is 0.394 e. The van der Waals surface area contributed by atoms with E-state index in [0.717, 1.165) is 19.1 Å². The first-order chi connectivity index (χ1) is 8.38. The molecule has 0 aromatic rings. The molecule has 0 radical (unpaired) electrons. The van der Waals surface area contributed by atoms with Crippen LogP contribution in [-0.4, -0.2) is 62.0 Å². The minimum Gasteiger partial charge on any atom is -0.394 e. The van der Waals surface area contributed by atoms with Crippen molar-refractivity contribution in [2.24, 2.45) is 5.92 Å². The molecule has 0 spiro atoms. The molecule has 17 heavy (non-hydrogen) atoms. The van der Waals surface area contributed by atoms with Crippen molar-refractivity contribution in [3.63, 3.8) is 0 Å². The molecule has 1 aliphatic carbocycles. The standard InChI is InChI=1S/C13H26N2O2/c16-7-9-17-8-6-15(10-12-3-4-12)11-13-2-1-5-14-13/h12-14,16H,1-11H2. The molecular formula is C13H26N2O2. The van der Waals surface area contributed by atoms with Gasteiger partial charge in [0, 0.05) is 25.7 Å². The van der Waals surface area contributed by atoms with Crippen LogP contribution in [0.15, 0.2) is 0 Å². The Balaban J connectivity index is 1.63. The van der Waals surface area contributed by atoms with Crippen LogP contribution in [0.2, 0.25) is 0 Å². The molecular weight excluding hydrogens is 216 g/mol. The number of hydrogen-bond donors (Lipinski definition) is 2. The summed E-state index contributed by atoms with van der Waals surface area (Å²) in [6.45, 7) is 5.95. The number of hydrogen-bond acceptors (Lipinski definition) is 4. The Hall–Kier alpha value is -0.160. The minimum atomic E-state index is 0.132. The summed E-state index contributed by atoms with van der Waals surface area (Å²) >= 11 is 0. The second-order valence-electron chi connectivity index (χ2n) is 5.33. The Morgan fingerprint density at radius 3 is 2.71 bits per heavy atom. The van der Waals surface area contributed by atoms with Gasteiger partial charge in [-0.3, -0.25) is 4.90 Å². The van der Waals surface area contributed by atoms with Crippen LogP contribution < -0.4 is 5.32 Å². The topological polar surface area (TPSA) is 44.7 Å². The van der Waals surface area contributed by atoms with E-state index < -0.39 is 0 Å². The second-order valence-corrected chi connectivity index (χ2v) is 5.33. The van der Waals surface area contributed by atoms with E-state index >= 15 is 0 Å². The molecule has 2 aliphatic rings. The number of nitrogens with zero attached hydrogens (tertiary/aromatic N) is 1. The van der Waals surface area contributed by atoms with Crippen LogP contribution in [-0.2, 0) is 4.74 Å². The summed E-state index contributed by atoms with van der Waals surface area (Å²) < 4.78 is 5.37. The molecule has 1 heterocycles. The summed E-state index contributed by atoms with van der Waals surface area (Å²) in [5.41, 5.74) is 0.